The molecule has 0 spiro atoms. The second kappa shape index (κ2) is 2.68. The molecule has 0 saturated heterocycles. The highest BCUT2D eigenvalue weighted by Crippen LogP contribution is 2.07. The first-order valence-corrected chi connectivity index (χ1v) is 3.13. The van der Waals surface area contributed by atoms with Crippen molar-refractivity contribution in [3.63, 3.8) is 0 Å². The maximum Gasteiger partial charge on any atom is 0.210 e. The Morgan fingerprint density at radius 2 is 2.60 bits per heavy atom. The van der Waals surface area contributed by atoms with Crippen molar-refractivity contribution in [1.82, 2.24) is 0 Å². The number of nitrogens with zero attached hydrogens (tertiary/aromatic N) is 1. The molecular formula is C6H9NO3. The highest BCUT2D eigenvalue weighted by Gasteiger charge is 2.18. The van der Waals surface area contributed by atoms with E-state index in [1.54, 1.807) is 0 Å². The van der Waals surface area contributed by atoms with Crippen LogP contribution in [0.2, 0.25) is 0 Å². The molecule has 1 aliphatic rings. The Labute approximate surface area is 58.6 Å². The van der Waals surface area contributed by atoms with Crippen molar-refractivity contribution in [3.05, 3.63) is 5.21 Å². The van der Waals surface area contributed by atoms with Crippen LogP contribution < -0.4 is 0 Å². The average molecular weight is 143 g/mol. The van der Waals surface area contributed by atoms with Gasteiger partial charge in [-0.2, -0.15) is 0 Å². The van der Waals surface area contributed by atoms with E-state index in [4.69, 9.17) is 0 Å². The lowest BCUT2D eigenvalue weighted by molar-refractivity contribution is -0.744. The molecule has 0 saturated carbocycles. The minimum atomic E-state index is -0.120. The van der Waals surface area contributed by atoms with Gasteiger partial charge in [-0.05, 0) is 6.92 Å². The van der Waals surface area contributed by atoms with Crippen LogP contribution in [0.15, 0.2) is 0 Å². The van der Waals surface area contributed by atoms with E-state index in [0.29, 0.717) is 11.3 Å². The second-order valence-electron chi connectivity index (χ2n) is 2.31. The zero-order valence-corrected chi connectivity index (χ0v) is 5.74. The van der Waals surface area contributed by atoms with Crippen molar-refractivity contribution in [3.8, 4) is 0 Å². The summed E-state index contributed by atoms with van der Waals surface area (Å²) < 4.78 is 0. The van der Waals surface area contributed by atoms with Gasteiger partial charge in [-0.3, -0.25) is 10.0 Å². The van der Waals surface area contributed by atoms with Crippen LogP contribution in [-0.2, 0) is 9.63 Å². The fourth-order valence-corrected chi connectivity index (χ4v) is 0.781. The molecule has 0 N–H and O–H groups in total. The molecule has 1 unspecified atom stereocenters. The van der Waals surface area contributed by atoms with Gasteiger partial charge < -0.3 is 4.84 Å². The summed E-state index contributed by atoms with van der Waals surface area (Å²) >= 11 is 0. The van der Waals surface area contributed by atoms with Gasteiger partial charge in [-0.15, -0.1) is 0 Å². The highest BCUT2D eigenvalue weighted by atomic mass is 16.9. The minimum absolute atomic E-state index is 0.0735. The number of carbonyl (C=O) groups excluding carboxylic acids is 1. The molecule has 1 atom stereocenters. The van der Waals surface area contributed by atoms with Gasteiger partial charge in [0.1, 0.15) is 5.78 Å². The average Bonchev–Trinajstić information content (AvgIpc) is 1.88. The molecule has 4 nitrogen and oxygen atoms in total. The maximum absolute atomic E-state index is 10.7. The van der Waals surface area contributed by atoms with Crippen LogP contribution in [0.1, 0.15) is 13.3 Å². The van der Waals surface area contributed by atoms with E-state index in [9.17, 15) is 10.0 Å². The van der Waals surface area contributed by atoms with E-state index < -0.39 is 0 Å². The Morgan fingerprint density at radius 3 is 3.00 bits per heavy atom. The largest absolute Gasteiger partial charge is 0.403 e. The summed E-state index contributed by atoms with van der Waals surface area (Å²) in [6.45, 7) is 1.72. The third-order valence-electron chi connectivity index (χ3n) is 1.52. The fourth-order valence-electron chi connectivity index (χ4n) is 0.781. The van der Waals surface area contributed by atoms with E-state index >= 15 is 0 Å². The molecule has 0 aliphatic carbocycles. The number of carbonyl (C=O) groups is 1. The van der Waals surface area contributed by atoms with Crippen molar-refractivity contribution in [2.45, 2.75) is 13.3 Å². The normalized spacial score (nSPS) is 24.9. The second-order valence-corrected chi connectivity index (χ2v) is 2.31. The molecule has 10 heavy (non-hydrogen) atoms. The molecule has 4 heteroatoms. The fraction of sp³-hybridized carbons (Fsp3) is 0.667. The Balaban J connectivity index is 2.50. The van der Waals surface area contributed by atoms with Gasteiger partial charge in [0.15, 0.2) is 0 Å². The molecule has 0 fully saturated rings. The van der Waals surface area contributed by atoms with Gasteiger partial charge in [-0.25, -0.2) is 0 Å². The van der Waals surface area contributed by atoms with E-state index in [1.165, 1.54) is 13.1 Å². The molecule has 1 rings (SSSR count). The molecule has 0 aromatic heterocycles. The van der Waals surface area contributed by atoms with E-state index in [1.807, 2.05) is 0 Å². The molecule has 1 aliphatic heterocycles. The molecule has 0 bridgehead atoms. The van der Waals surface area contributed by atoms with Gasteiger partial charge in [0, 0.05) is 17.2 Å². The summed E-state index contributed by atoms with van der Waals surface area (Å²) in [6.07, 6.45) is 1.83. The number of hydrogen-bond donors (Lipinski definition) is 0. The molecule has 56 valence electrons. The van der Waals surface area contributed by atoms with E-state index in [-0.39, 0.29) is 18.3 Å². The van der Waals surface area contributed by atoms with Crippen LogP contribution in [0.4, 0.5) is 0 Å². The Hall–Kier alpha value is -1.06. The zero-order valence-electron chi connectivity index (χ0n) is 5.74. The highest BCUT2D eigenvalue weighted by molar-refractivity contribution is 5.80. The predicted octanol–water partition coefficient (Wildman–Crippen LogP) is 0.108. The van der Waals surface area contributed by atoms with E-state index in [0.717, 1.165) is 0 Å². The molecular weight excluding hydrogens is 134 g/mol. The predicted molar refractivity (Wildman–Crippen MR) is 34.4 cm³/mol. The smallest absolute Gasteiger partial charge is 0.210 e. The van der Waals surface area contributed by atoms with Gasteiger partial charge in [0.25, 0.3) is 0 Å². The summed E-state index contributed by atoms with van der Waals surface area (Å²) in [7, 11) is 0. The standard InChI is InChI=1S/C6H9NO3/c1-5(8)6-2-3-7(9)10-4-6/h3,6H,2,4H2,1H3. The number of hydrogen-bond acceptors (Lipinski definition) is 3. The molecule has 1 heterocycles. The van der Waals surface area contributed by atoms with Gasteiger partial charge >= 0.3 is 0 Å². The lowest BCUT2D eigenvalue weighted by Gasteiger charge is -2.16. The lowest BCUT2D eigenvalue weighted by Crippen LogP contribution is -2.27. The van der Waals surface area contributed by atoms with Crippen molar-refractivity contribution in [2.75, 3.05) is 6.61 Å². The quantitative estimate of drug-likeness (QED) is 0.489. The number of ketones is 1. The van der Waals surface area contributed by atoms with Crippen LogP contribution in [0.3, 0.4) is 0 Å². The van der Waals surface area contributed by atoms with Crippen LogP contribution in [0.5, 0.6) is 0 Å². The molecule has 0 radical (unpaired) electrons. The summed E-state index contributed by atoms with van der Waals surface area (Å²) in [5, 5.41) is 10.4. The van der Waals surface area contributed by atoms with Gasteiger partial charge in [0.2, 0.25) is 6.21 Å². The molecule has 0 aromatic carbocycles. The summed E-state index contributed by atoms with van der Waals surface area (Å²) in [5.41, 5.74) is 0. The number of rotatable bonds is 1. The Kier molecular flexibility index (Phi) is 1.89. The topological polar surface area (TPSA) is 52.4 Å². The van der Waals surface area contributed by atoms with Crippen molar-refractivity contribution in [1.29, 1.82) is 0 Å². The monoisotopic (exact) mass is 143 g/mol. The van der Waals surface area contributed by atoms with Crippen LogP contribution in [0.25, 0.3) is 0 Å². The van der Waals surface area contributed by atoms with Crippen LogP contribution in [0, 0.1) is 11.1 Å². The lowest BCUT2D eigenvalue weighted by atomic mass is 10.0. The zero-order chi connectivity index (χ0) is 7.56. The third-order valence-corrected chi connectivity index (χ3v) is 1.52. The van der Waals surface area contributed by atoms with Gasteiger partial charge in [0.05, 0.1) is 6.61 Å². The first kappa shape index (κ1) is 7.05. The number of Topliss-reactive ketones (excluding diaryl/α,β-unsaturated/α-hetero) is 1. The van der Waals surface area contributed by atoms with Crippen molar-refractivity contribution in [2.24, 2.45) is 5.92 Å². The molecule has 0 amide bonds. The summed E-state index contributed by atoms with van der Waals surface area (Å²) in [6, 6.07) is 0. The van der Waals surface area contributed by atoms with Crippen LogP contribution >= 0.6 is 0 Å². The summed E-state index contributed by atoms with van der Waals surface area (Å²) in [5.74, 6) is -0.0467. The van der Waals surface area contributed by atoms with Gasteiger partial charge in [-0.1, -0.05) is 0 Å². The summed E-state index contributed by atoms with van der Waals surface area (Å²) in [4.78, 5) is 15.6. The van der Waals surface area contributed by atoms with Crippen molar-refractivity contribution < 1.29 is 14.5 Å². The first-order chi connectivity index (χ1) is 4.70. The first-order valence-electron chi connectivity index (χ1n) is 3.13. The third kappa shape index (κ3) is 1.46. The minimum Gasteiger partial charge on any atom is -0.403 e. The molecule has 0 aromatic rings. The maximum atomic E-state index is 10.7. The van der Waals surface area contributed by atoms with E-state index in [2.05, 4.69) is 4.84 Å². The Morgan fingerprint density at radius 1 is 1.90 bits per heavy atom. The van der Waals surface area contributed by atoms with Crippen LogP contribution in [-0.4, -0.2) is 23.5 Å². The Bertz CT molecular complexity index is 176. The SMILES string of the molecule is CC(=O)C1CC=[N+]([O-])OC1. The van der Waals surface area contributed by atoms with Crippen molar-refractivity contribution >= 4 is 12.0 Å².